The first-order valence-electron chi connectivity index (χ1n) is 16.7. The number of rotatable bonds is 8. The molecule has 51 heavy (non-hydrogen) atoms. The SMILES string of the molecule is Cc1nnc2n1Cc1sc(C#Cc3cnn(CCCNc4cccc5c4C(=O)N(C4CCC(=O)NC4=O)C5=O)c3)c(Cc3ccccc3)c1OC2. The van der Waals surface area contributed by atoms with Gasteiger partial charge in [-0.15, -0.1) is 21.5 Å². The van der Waals surface area contributed by atoms with E-state index in [1.54, 1.807) is 35.7 Å². The Bertz CT molecular complexity index is 2280. The third kappa shape index (κ3) is 6.16. The van der Waals surface area contributed by atoms with Gasteiger partial charge >= 0.3 is 0 Å². The molecule has 0 saturated carbocycles. The first-order chi connectivity index (χ1) is 24.8. The van der Waals surface area contributed by atoms with Gasteiger partial charge in [-0.3, -0.25) is 34.1 Å². The summed E-state index contributed by atoms with van der Waals surface area (Å²) in [7, 11) is 0. The molecule has 0 spiro atoms. The van der Waals surface area contributed by atoms with Crippen molar-refractivity contribution in [2.45, 2.75) is 58.3 Å². The van der Waals surface area contributed by atoms with E-state index in [-0.39, 0.29) is 24.0 Å². The number of ether oxygens (including phenoxy) is 1. The predicted molar refractivity (Wildman–Crippen MR) is 186 cm³/mol. The van der Waals surface area contributed by atoms with E-state index in [4.69, 9.17) is 4.74 Å². The number of imide groups is 2. The predicted octanol–water partition coefficient (Wildman–Crippen LogP) is 3.68. The second-order valence-electron chi connectivity index (χ2n) is 12.6. The van der Waals surface area contributed by atoms with Crippen molar-refractivity contribution in [1.82, 2.24) is 34.8 Å². The molecule has 0 aliphatic carbocycles. The third-order valence-corrected chi connectivity index (χ3v) is 10.3. The fourth-order valence-corrected chi connectivity index (χ4v) is 7.76. The number of hydrogen-bond donors (Lipinski definition) is 2. The Morgan fingerprint density at radius 3 is 2.75 bits per heavy atom. The van der Waals surface area contributed by atoms with Gasteiger partial charge in [-0.2, -0.15) is 5.10 Å². The average Bonchev–Trinajstić information content (AvgIpc) is 3.85. The summed E-state index contributed by atoms with van der Waals surface area (Å²) in [6.45, 7) is 4.04. The monoisotopic (exact) mass is 700 g/mol. The Labute approximate surface area is 296 Å². The van der Waals surface area contributed by atoms with Crippen molar-refractivity contribution in [1.29, 1.82) is 0 Å². The van der Waals surface area contributed by atoms with Gasteiger partial charge in [-0.05, 0) is 37.5 Å². The van der Waals surface area contributed by atoms with Crippen molar-refractivity contribution in [3.63, 3.8) is 0 Å². The van der Waals surface area contributed by atoms with E-state index in [0.717, 1.165) is 43.2 Å². The number of fused-ring (bicyclic) bond motifs is 3. The summed E-state index contributed by atoms with van der Waals surface area (Å²) in [5.41, 5.74) is 4.03. The summed E-state index contributed by atoms with van der Waals surface area (Å²) in [6, 6.07) is 14.3. The highest BCUT2D eigenvalue weighted by molar-refractivity contribution is 7.13. The van der Waals surface area contributed by atoms with E-state index in [0.29, 0.717) is 44.8 Å². The molecule has 3 aliphatic rings. The fraction of sp³-hybridized carbons (Fsp3) is 0.270. The molecule has 0 radical (unpaired) electrons. The molecule has 1 unspecified atom stereocenters. The van der Waals surface area contributed by atoms with Crippen LogP contribution < -0.4 is 15.4 Å². The first-order valence-corrected chi connectivity index (χ1v) is 17.5. The number of carbonyl (C=O) groups excluding carboxylic acids is 4. The highest BCUT2D eigenvalue weighted by Gasteiger charge is 2.45. The maximum Gasteiger partial charge on any atom is 0.264 e. The number of benzene rings is 2. The summed E-state index contributed by atoms with van der Waals surface area (Å²) in [5, 5.41) is 18.5. The molecule has 4 amide bonds. The molecule has 2 N–H and O–H groups in total. The van der Waals surface area contributed by atoms with E-state index in [1.165, 1.54) is 5.56 Å². The third-order valence-electron chi connectivity index (χ3n) is 9.21. The number of nitrogens with one attached hydrogen (secondary N) is 2. The molecule has 3 aliphatic heterocycles. The van der Waals surface area contributed by atoms with Crippen molar-refractivity contribution in [3.8, 4) is 17.6 Å². The van der Waals surface area contributed by atoms with Gasteiger partial charge in [0.2, 0.25) is 11.8 Å². The van der Waals surface area contributed by atoms with Crippen molar-refractivity contribution in [2.24, 2.45) is 0 Å². The highest BCUT2D eigenvalue weighted by Crippen LogP contribution is 2.40. The highest BCUT2D eigenvalue weighted by atomic mass is 32.1. The van der Waals surface area contributed by atoms with Gasteiger partial charge in [0.1, 0.15) is 24.2 Å². The number of aryl methyl sites for hydroxylation is 2. The molecule has 2 aromatic carbocycles. The van der Waals surface area contributed by atoms with Crippen LogP contribution in [0.2, 0.25) is 0 Å². The van der Waals surface area contributed by atoms with Crippen molar-refractivity contribution in [3.05, 3.63) is 110 Å². The molecular formula is C37H32N8O5S. The van der Waals surface area contributed by atoms with Crippen molar-refractivity contribution < 1.29 is 23.9 Å². The number of carbonyl (C=O) groups is 4. The minimum absolute atomic E-state index is 0.0707. The zero-order valence-electron chi connectivity index (χ0n) is 27.6. The van der Waals surface area contributed by atoms with Crippen molar-refractivity contribution in [2.75, 3.05) is 11.9 Å². The van der Waals surface area contributed by atoms with Crippen LogP contribution in [0.25, 0.3) is 0 Å². The number of nitrogens with zero attached hydrogens (tertiary/aromatic N) is 6. The molecule has 5 aromatic rings. The normalized spacial score (nSPS) is 16.4. The van der Waals surface area contributed by atoms with Gasteiger partial charge in [0.15, 0.2) is 5.82 Å². The Morgan fingerprint density at radius 1 is 1.04 bits per heavy atom. The summed E-state index contributed by atoms with van der Waals surface area (Å²) >= 11 is 1.64. The molecule has 13 nitrogen and oxygen atoms in total. The fourth-order valence-electron chi connectivity index (χ4n) is 6.66. The lowest BCUT2D eigenvalue weighted by molar-refractivity contribution is -0.136. The van der Waals surface area contributed by atoms with Gasteiger partial charge in [0, 0.05) is 43.4 Å². The zero-order chi connectivity index (χ0) is 35.1. The Hall–Kier alpha value is -6.07. The lowest BCUT2D eigenvalue weighted by atomic mass is 10.0. The summed E-state index contributed by atoms with van der Waals surface area (Å²) < 4.78 is 10.2. The topological polar surface area (TPSA) is 153 Å². The zero-order valence-corrected chi connectivity index (χ0v) is 28.5. The minimum atomic E-state index is -1.01. The average molecular weight is 701 g/mol. The van der Waals surface area contributed by atoms with Crippen LogP contribution in [0.3, 0.4) is 0 Å². The molecule has 14 heteroatoms. The minimum Gasteiger partial charge on any atom is -0.484 e. The van der Waals surface area contributed by atoms with E-state index < -0.39 is 29.7 Å². The van der Waals surface area contributed by atoms with Crippen molar-refractivity contribution >= 4 is 40.7 Å². The van der Waals surface area contributed by atoms with Gasteiger partial charge in [0.25, 0.3) is 11.8 Å². The van der Waals surface area contributed by atoms with Gasteiger partial charge in [0.05, 0.1) is 39.2 Å². The lowest BCUT2D eigenvalue weighted by Gasteiger charge is -2.27. The number of hydrogen-bond acceptors (Lipinski definition) is 10. The number of piperidine rings is 1. The molecule has 3 aromatic heterocycles. The van der Waals surface area contributed by atoms with E-state index >= 15 is 0 Å². The molecule has 1 atom stereocenters. The molecule has 6 heterocycles. The molecule has 1 fully saturated rings. The van der Waals surface area contributed by atoms with E-state index in [2.05, 4.69) is 54.5 Å². The van der Waals surface area contributed by atoms with Crippen LogP contribution in [0.5, 0.6) is 5.75 Å². The molecule has 0 bridgehead atoms. The standard InChI is InChI=1S/C37H32N8O5S/c1-22-41-42-31-21-50-34-26(17-23-7-3-2-4-8-23)29(51-30(34)20-44(22)31)13-11-24-18-39-43(19-24)16-6-15-38-27-10-5-9-25-33(27)37(49)45(36(25)48)28-12-14-32(46)40-35(28)47/h2-5,7-10,18-19,28,38H,6,12,14-17,20-21H2,1H3,(H,40,46,47). The maximum absolute atomic E-state index is 13.4. The van der Waals surface area contributed by atoms with Crippen LogP contribution in [-0.2, 0) is 35.7 Å². The molecule has 256 valence electrons. The molecule has 8 rings (SSSR count). The summed E-state index contributed by atoms with van der Waals surface area (Å²) in [4.78, 5) is 53.6. The van der Waals surface area contributed by atoms with E-state index in [1.807, 2.05) is 36.0 Å². The number of aromatic nitrogens is 5. The van der Waals surface area contributed by atoms with Crippen LogP contribution >= 0.6 is 11.3 Å². The molecule has 1 saturated heterocycles. The van der Waals surface area contributed by atoms with Gasteiger partial charge < -0.3 is 14.6 Å². The number of anilines is 1. The van der Waals surface area contributed by atoms with Crippen LogP contribution in [0.1, 0.15) is 78.1 Å². The quantitative estimate of drug-likeness (QED) is 0.140. The smallest absolute Gasteiger partial charge is 0.264 e. The van der Waals surface area contributed by atoms with Gasteiger partial charge in [-0.1, -0.05) is 48.2 Å². The number of amides is 4. The van der Waals surface area contributed by atoms with Crippen LogP contribution in [0, 0.1) is 18.8 Å². The number of thiophene rings is 1. The Morgan fingerprint density at radius 2 is 1.90 bits per heavy atom. The Balaban J connectivity index is 0.935. The first kappa shape index (κ1) is 32.2. The van der Waals surface area contributed by atoms with Gasteiger partial charge in [-0.25, -0.2) is 0 Å². The van der Waals surface area contributed by atoms with Crippen LogP contribution in [0.4, 0.5) is 5.69 Å². The Kier molecular flexibility index (Phi) is 8.40. The summed E-state index contributed by atoms with van der Waals surface area (Å²) in [6.07, 6.45) is 5.21. The summed E-state index contributed by atoms with van der Waals surface area (Å²) in [5.74, 6) is 7.13. The van der Waals surface area contributed by atoms with Crippen LogP contribution in [-0.4, -0.2) is 65.7 Å². The second-order valence-corrected chi connectivity index (χ2v) is 13.7. The second kappa shape index (κ2) is 13.3. The largest absolute Gasteiger partial charge is 0.484 e. The van der Waals surface area contributed by atoms with E-state index in [9.17, 15) is 19.2 Å². The lowest BCUT2D eigenvalue weighted by Crippen LogP contribution is -2.54. The molecular weight excluding hydrogens is 669 g/mol. The maximum atomic E-state index is 13.4. The van der Waals surface area contributed by atoms with Crippen LogP contribution in [0.15, 0.2) is 60.9 Å².